The Morgan fingerprint density at radius 3 is 2.12 bits per heavy atom. The van der Waals surface area contributed by atoms with Crippen molar-refractivity contribution in [1.82, 2.24) is 0 Å². The maximum absolute atomic E-state index is 5.99. The minimum atomic E-state index is 0.540. The normalized spacial score (nSPS) is 10.5. The van der Waals surface area contributed by atoms with Crippen LogP contribution in [0.15, 0.2) is 78.9 Å². The monoisotopic (exact) mass is 348 g/mol. The Hall–Kier alpha value is -2.78. The van der Waals surface area contributed by atoms with Crippen LogP contribution < -0.4 is 14.8 Å². The van der Waals surface area contributed by atoms with Crippen LogP contribution >= 0.6 is 0 Å². The van der Waals surface area contributed by atoms with Gasteiger partial charge in [-0.1, -0.05) is 60.7 Å². The molecule has 3 heteroatoms. The van der Waals surface area contributed by atoms with Crippen molar-refractivity contribution in [2.45, 2.75) is 19.6 Å². The van der Waals surface area contributed by atoms with Gasteiger partial charge in [0, 0.05) is 12.0 Å². The second kappa shape index (κ2) is 9.64. The van der Waals surface area contributed by atoms with Gasteiger partial charge in [0.15, 0.2) is 11.5 Å². The van der Waals surface area contributed by atoms with E-state index in [4.69, 9.17) is 9.47 Å². The Labute approximate surface area is 155 Å². The highest BCUT2D eigenvalue weighted by Gasteiger charge is 2.07. The van der Waals surface area contributed by atoms with Gasteiger partial charge in [-0.15, -0.1) is 0 Å². The van der Waals surface area contributed by atoms with E-state index in [2.05, 4.69) is 59.9 Å². The molecule has 0 heterocycles. The molecular weight excluding hydrogens is 322 g/mol. The molecule has 0 bridgehead atoms. The molecule has 0 saturated heterocycles. The number of methoxy groups -OCH3 is 1. The van der Waals surface area contributed by atoms with Crippen LogP contribution in [0.3, 0.4) is 0 Å². The largest absolute Gasteiger partial charge is 0.493 e. The highest BCUT2D eigenvalue weighted by molar-refractivity contribution is 5.42. The molecule has 3 aromatic rings. The average Bonchev–Trinajstić information content (AvgIpc) is 2.71. The van der Waals surface area contributed by atoms with Crippen LogP contribution in [0.25, 0.3) is 0 Å². The van der Waals surface area contributed by atoms with Gasteiger partial charge in [-0.05, 0) is 29.3 Å². The third-order valence-corrected chi connectivity index (χ3v) is 4.33. The van der Waals surface area contributed by atoms with Gasteiger partial charge in [-0.2, -0.15) is 0 Å². The highest BCUT2D eigenvalue weighted by atomic mass is 16.5. The predicted octanol–water partition coefficient (Wildman–Crippen LogP) is 3.58. The standard InChI is InChI=1S/C23H25NO2/c1-25-22-13-12-21(17-24-15-14-19-8-4-2-5-9-19)16-23(22)26-18-20-10-6-3-7-11-20/h2-13,16,24H,14-15,17-18H2,1H3/p+1. The molecule has 0 atom stereocenters. The molecule has 0 spiro atoms. The summed E-state index contributed by atoms with van der Waals surface area (Å²) in [7, 11) is 1.68. The van der Waals surface area contributed by atoms with Gasteiger partial charge in [-0.25, -0.2) is 0 Å². The van der Waals surface area contributed by atoms with Gasteiger partial charge in [0.25, 0.3) is 0 Å². The summed E-state index contributed by atoms with van der Waals surface area (Å²) in [5.74, 6) is 1.57. The molecule has 0 aliphatic carbocycles. The maximum atomic E-state index is 5.99. The SMILES string of the molecule is COc1ccc(C[NH2+]CCc2ccccc2)cc1OCc1ccccc1. The second-order valence-electron chi connectivity index (χ2n) is 6.28. The molecule has 26 heavy (non-hydrogen) atoms. The summed E-state index contributed by atoms with van der Waals surface area (Å²) >= 11 is 0. The number of ether oxygens (including phenoxy) is 2. The molecule has 0 amide bonds. The number of benzene rings is 3. The summed E-state index contributed by atoms with van der Waals surface area (Å²) in [6.07, 6.45) is 1.08. The molecule has 134 valence electrons. The molecule has 0 aliphatic rings. The molecule has 0 radical (unpaired) electrons. The Morgan fingerprint density at radius 1 is 0.731 bits per heavy atom. The van der Waals surface area contributed by atoms with Crippen molar-refractivity contribution in [2.24, 2.45) is 0 Å². The molecular formula is C23H26NO2+. The summed E-state index contributed by atoms with van der Waals surface area (Å²) in [5.41, 5.74) is 3.77. The van der Waals surface area contributed by atoms with E-state index in [-0.39, 0.29) is 0 Å². The summed E-state index contributed by atoms with van der Waals surface area (Å²) < 4.78 is 11.4. The number of hydrogen-bond donors (Lipinski definition) is 1. The molecule has 3 rings (SSSR count). The minimum absolute atomic E-state index is 0.540. The lowest BCUT2D eigenvalue weighted by molar-refractivity contribution is -0.670. The lowest BCUT2D eigenvalue weighted by atomic mass is 10.1. The zero-order valence-corrected chi connectivity index (χ0v) is 15.2. The van der Waals surface area contributed by atoms with Gasteiger partial charge in [0.05, 0.1) is 13.7 Å². The van der Waals surface area contributed by atoms with Crippen molar-refractivity contribution < 1.29 is 14.8 Å². The Morgan fingerprint density at radius 2 is 1.42 bits per heavy atom. The van der Waals surface area contributed by atoms with Gasteiger partial charge in [0.2, 0.25) is 0 Å². The lowest BCUT2D eigenvalue weighted by Gasteiger charge is -2.12. The number of hydrogen-bond acceptors (Lipinski definition) is 2. The van der Waals surface area contributed by atoms with E-state index in [0.29, 0.717) is 6.61 Å². The summed E-state index contributed by atoms with van der Waals surface area (Å²) in [6.45, 7) is 2.53. The van der Waals surface area contributed by atoms with Crippen molar-refractivity contribution in [3.05, 3.63) is 95.6 Å². The zero-order chi connectivity index (χ0) is 18.0. The lowest BCUT2D eigenvalue weighted by Crippen LogP contribution is -2.83. The van der Waals surface area contributed by atoms with E-state index in [9.17, 15) is 0 Å². The topological polar surface area (TPSA) is 35.1 Å². The quantitative estimate of drug-likeness (QED) is 0.600. The zero-order valence-electron chi connectivity index (χ0n) is 15.2. The Kier molecular flexibility index (Phi) is 6.68. The van der Waals surface area contributed by atoms with E-state index in [0.717, 1.165) is 36.6 Å². The van der Waals surface area contributed by atoms with E-state index >= 15 is 0 Å². The van der Waals surface area contributed by atoms with Crippen molar-refractivity contribution >= 4 is 0 Å². The van der Waals surface area contributed by atoms with Gasteiger partial charge in [-0.3, -0.25) is 0 Å². The first-order chi connectivity index (χ1) is 12.8. The van der Waals surface area contributed by atoms with E-state index < -0.39 is 0 Å². The Bertz CT molecular complexity index is 788. The molecule has 3 nitrogen and oxygen atoms in total. The van der Waals surface area contributed by atoms with Gasteiger partial charge >= 0.3 is 0 Å². The van der Waals surface area contributed by atoms with Crippen LogP contribution in [0.1, 0.15) is 16.7 Å². The first-order valence-corrected chi connectivity index (χ1v) is 9.04. The van der Waals surface area contributed by atoms with E-state index in [1.807, 2.05) is 24.3 Å². The van der Waals surface area contributed by atoms with E-state index in [1.54, 1.807) is 7.11 Å². The first kappa shape index (κ1) is 18.0. The van der Waals surface area contributed by atoms with Crippen LogP contribution in [0.4, 0.5) is 0 Å². The number of rotatable bonds is 9. The van der Waals surface area contributed by atoms with Crippen molar-refractivity contribution in [3.63, 3.8) is 0 Å². The minimum Gasteiger partial charge on any atom is -0.493 e. The predicted molar refractivity (Wildman–Crippen MR) is 104 cm³/mol. The summed E-state index contributed by atoms with van der Waals surface area (Å²) in [5, 5.41) is 2.33. The fourth-order valence-corrected chi connectivity index (χ4v) is 2.88. The second-order valence-corrected chi connectivity index (χ2v) is 6.28. The fraction of sp³-hybridized carbons (Fsp3) is 0.217. The third-order valence-electron chi connectivity index (χ3n) is 4.33. The van der Waals surface area contributed by atoms with Crippen LogP contribution in [-0.2, 0) is 19.6 Å². The summed E-state index contributed by atoms with van der Waals surface area (Å²) in [4.78, 5) is 0. The smallest absolute Gasteiger partial charge is 0.162 e. The molecule has 0 unspecified atom stereocenters. The number of quaternary nitrogens is 1. The van der Waals surface area contributed by atoms with Crippen LogP contribution in [-0.4, -0.2) is 13.7 Å². The van der Waals surface area contributed by atoms with Gasteiger partial charge in [0.1, 0.15) is 13.2 Å². The van der Waals surface area contributed by atoms with Crippen molar-refractivity contribution in [3.8, 4) is 11.5 Å². The fourth-order valence-electron chi connectivity index (χ4n) is 2.88. The first-order valence-electron chi connectivity index (χ1n) is 9.04. The molecule has 0 aliphatic heterocycles. The maximum Gasteiger partial charge on any atom is 0.162 e. The average molecular weight is 348 g/mol. The van der Waals surface area contributed by atoms with Crippen molar-refractivity contribution in [2.75, 3.05) is 13.7 Å². The number of nitrogens with two attached hydrogens (primary N) is 1. The third kappa shape index (κ3) is 5.36. The van der Waals surface area contributed by atoms with Crippen LogP contribution in [0.2, 0.25) is 0 Å². The molecule has 0 fully saturated rings. The Balaban J connectivity index is 1.54. The highest BCUT2D eigenvalue weighted by Crippen LogP contribution is 2.28. The molecule has 3 aromatic carbocycles. The van der Waals surface area contributed by atoms with Crippen LogP contribution in [0, 0.1) is 0 Å². The van der Waals surface area contributed by atoms with E-state index in [1.165, 1.54) is 11.1 Å². The molecule has 0 saturated carbocycles. The summed E-state index contributed by atoms with van der Waals surface area (Å²) in [6, 6.07) is 27.0. The van der Waals surface area contributed by atoms with Crippen LogP contribution in [0.5, 0.6) is 11.5 Å². The molecule has 0 aromatic heterocycles. The molecule has 2 N–H and O–H groups in total. The van der Waals surface area contributed by atoms with Crippen molar-refractivity contribution in [1.29, 1.82) is 0 Å². The van der Waals surface area contributed by atoms with Gasteiger partial charge < -0.3 is 14.8 Å².